The number of benzene rings is 1. The van der Waals surface area contributed by atoms with Crippen LogP contribution in [0.25, 0.3) is 11.2 Å². The molecule has 148 valence electrons. The van der Waals surface area contributed by atoms with Gasteiger partial charge < -0.3 is 19.3 Å². The molecule has 0 radical (unpaired) electrons. The monoisotopic (exact) mass is 405 g/mol. The fourth-order valence-corrected chi connectivity index (χ4v) is 3.77. The molecular weight excluding hydrogens is 386 g/mol. The molecule has 1 aromatic carbocycles. The van der Waals surface area contributed by atoms with Gasteiger partial charge in [-0.3, -0.25) is 13.9 Å². The molecule has 1 aliphatic heterocycles. The number of halogens is 1. The molecule has 3 heterocycles. The molecule has 1 N–H and O–H groups in total. The van der Waals surface area contributed by atoms with Crippen LogP contribution >= 0.6 is 11.6 Å². The first kappa shape index (κ1) is 18.6. The van der Waals surface area contributed by atoms with Crippen molar-refractivity contribution in [1.82, 2.24) is 18.7 Å². The van der Waals surface area contributed by atoms with E-state index in [-0.39, 0.29) is 13.2 Å². The van der Waals surface area contributed by atoms with Crippen LogP contribution in [-0.2, 0) is 20.1 Å². The molecule has 0 amide bonds. The number of ether oxygens (including phenoxy) is 1. The summed E-state index contributed by atoms with van der Waals surface area (Å²) >= 11 is 6.17. The van der Waals surface area contributed by atoms with Gasteiger partial charge in [0, 0.05) is 38.3 Å². The molecule has 0 saturated carbocycles. The molecule has 0 fully saturated rings. The summed E-state index contributed by atoms with van der Waals surface area (Å²) < 4.78 is 9.78. The van der Waals surface area contributed by atoms with Crippen LogP contribution in [-0.4, -0.2) is 44.1 Å². The number of nitrogens with zero attached hydrogens (tertiary/aromatic N) is 5. The highest BCUT2D eigenvalue weighted by Gasteiger charge is 2.30. The summed E-state index contributed by atoms with van der Waals surface area (Å²) in [6.45, 7) is 1.19. The van der Waals surface area contributed by atoms with Crippen LogP contribution in [0.1, 0.15) is 6.42 Å². The number of aliphatic hydroxyl groups excluding tert-OH is 1. The van der Waals surface area contributed by atoms with Crippen molar-refractivity contribution >= 4 is 34.4 Å². The first-order valence-electron chi connectivity index (χ1n) is 8.90. The Morgan fingerprint density at radius 3 is 2.79 bits per heavy atom. The lowest BCUT2D eigenvalue weighted by atomic mass is 10.2. The number of hydrogen-bond acceptors (Lipinski definition) is 6. The Hall–Kier alpha value is -2.78. The molecule has 4 rings (SSSR count). The number of methoxy groups -OCH3 is 1. The highest BCUT2D eigenvalue weighted by molar-refractivity contribution is 6.31. The molecule has 28 heavy (non-hydrogen) atoms. The van der Waals surface area contributed by atoms with E-state index in [9.17, 15) is 9.59 Å². The molecule has 0 unspecified atom stereocenters. The Kier molecular flexibility index (Phi) is 4.64. The molecule has 0 bridgehead atoms. The fraction of sp³-hybridized carbons (Fsp3) is 0.389. The summed E-state index contributed by atoms with van der Waals surface area (Å²) in [6, 6.07) is 5.31. The van der Waals surface area contributed by atoms with E-state index in [1.807, 2.05) is 9.47 Å². The number of aryl methyl sites for hydroxylation is 1. The van der Waals surface area contributed by atoms with Gasteiger partial charge in [0.1, 0.15) is 5.75 Å². The topological polar surface area (TPSA) is 94.5 Å². The van der Waals surface area contributed by atoms with E-state index >= 15 is 0 Å². The number of aliphatic hydroxyl groups is 1. The smallest absolute Gasteiger partial charge is 0.332 e. The van der Waals surface area contributed by atoms with E-state index in [0.717, 1.165) is 10.3 Å². The molecule has 0 saturated heterocycles. The lowest BCUT2D eigenvalue weighted by Gasteiger charge is -2.19. The standard InChI is InChI=1S/C18H20ClN5O4/c1-21-15-14(16(26)24(18(21)27)6-3-9-25)23-8-7-22(17(23)20-15)12-10-11(19)4-5-13(12)28-2/h4-5,10,25H,3,6-9H2,1-2H3. The van der Waals surface area contributed by atoms with Crippen LogP contribution in [0.2, 0.25) is 5.02 Å². The van der Waals surface area contributed by atoms with Gasteiger partial charge in [0.15, 0.2) is 11.2 Å². The number of aromatic nitrogens is 4. The van der Waals surface area contributed by atoms with Crippen LogP contribution in [0, 0.1) is 0 Å². The maximum absolute atomic E-state index is 13.0. The number of imidazole rings is 1. The minimum Gasteiger partial charge on any atom is -0.495 e. The summed E-state index contributed by atoms with van der Waals surface area (Å²) in [5, 5.41) is 9.63. The van der Waals surface area contributed by atoms with E-state index in [1.54, 1.807) is 32.4 Å². The van der Waals surface area contributed by atoms with Crippen molar-refractivity contribution < 1.29 is 9.84 Å². The number of anilines is 2. The maximum Gasteiger partial charge on any atom is 0.332 e. The largest absolute Gasteiger partial charge is 0.495 e. The molecule has 0 aliphatic carbocycles. The lowest BCUT2D eigenvalue weighted by molar-refractivity contribution is 0.277. The Morgan fingerprint density at radius 2 is 2.07 bits per heavy atom. The molecule has 3 aromatic rings. The van der Waals surface area contributed by atoms with E-state index in [2.05, 4.69) is 4.98 Å². The SMILES string of the molecule is COc1ccc(Cl)cc1N1CCn2c1nc1c2c(=O)n(CCCO)c(=O)n1C. The van der Waals surface area contributed by atoms with E-state index < -0.39 is 11.2 Å². The average molecular weight is 406 g/mol. The van der Waals surface area contributed by atoms with Crippen molar-refractivity contribution in [1.29, 1.82) is 0 Å². The molecular formula is C18H20ClN5O4. The zero-order chi connectivity index (χ0) is 20.0. The number of hydrogen-bond donors (Lipinski definition) is 1. The number of rotatable bonds is 5. The van der Waals surface area contributed by atoms with Crippen molar-refractivity contribution in [3.8, 4) is 5.75 Å². The van der Waals surface area contributed by atoms with Crippen LogP contribution in [0.5, 0.6) is 5.75 Å². The van der Waals surface area contributed by atoms with Gasteiger partial charge in [-0.15, -0.1) is 0 Å². The highest BCUT2D eigenvalue weighted by Crippen LogP contribution is 2.38. The second kappa shape index (κ2) is 6.99. The average Bonchev–Trinajstić information content (AvgIpc) is 3.25. The predicted octanol–water partition coefficient (Wildman–Crippen LogP) is 1.09. The van der Waals surface area contributed by atoms with Crippen LogP contribution in [0.15, 0.2) is 27.8 Å². The number of fused-ring (bicyclic) bond motifs is 3. The van der Waals surface area contributed by atoms with Gasteiger partial charge in [-0.2, -0.15) is 4.98 Å². The quantitative estimate of drug-likeness (QED) is 0.683. The third kappa shape index (κ3) is 2.70. The zero-order valence-electron chi connectivity index (χ0n) is 15.6. The van der Waals surface area contributed by atoms with Gasteiger partial charge in [-0.25, -0.2) is 4.79 Å². The third-order valence-corrected chi connectivity index (χ3v) is 5.21. The second-order valence-electron chi connectivity index (χ2n) is 6.58. The van der Waals surface area contributed by atoms with Gasteiger partial charge in [-0.05, 0) is 24.6 Å². The minimum absolute atomic E-state index is 0.0967. The lowest BCUT2D eigenvalue weighted by Crippen LogP contribution is -2.39. The van der Waals surface area contributed by atoms with Crippen LogP contribution in [0.4, 0.5) is 11.6 Å². The Morgan fingerprint density at radius 1 is 1.29 bits per heavy atom. The summed E-state index contributed by atoms with van der Waals surface area (Å²) in [5.41, 5.74) is 0.601. The van der Waals surface area contributed by atoms with Crippen molar-refractivity contribution in [3.63, 3.8) is 0 Å². The molecule has 1 aliphatic rings. The van der Waals surface area contributed by atoms with Gasteiger partial charge in [-0.1, -0.05) is 11.6 Å². The maximum atomic E-state index is 13.0. The summed E-state index contributed by atoms with van der Waals surface area (Å²) in [5.74, 6) is 1.20. The molecule has 0 spiro atoms. The van der Waals surface area contributed by atoms with Crippen molar-refractivity contribution in [2.75, 3.05) is 25.2 Å². The highest BCUT2D eigenvalue weighted by atomic mass is 35.5. The summed E-state index contributed by atoms with van der Waals surface area (Å²) in [6.07, 6.45) is 0.327. The molecule has 0 atom stereocenters. The van der Waals surface area contributed by atoms with Crippen LogP contribution < -0.4 is 20.9 Å². The second-order valence-corrected chi connectivity index (χ2v) is 7.02. The third-order valence-electron chi connectivity index (χ3n) is 4.97. The zero-order valence-corrected chi connectivity index (χ0v) is 16.3. The van der Waals surface area contributed by atoms with Gasteiger partial charge >= 0.3 is 5.69 Å². The molecule has 2 aromatic heterocycles. The molecule has 9 nitrogen and oxygen atoms in total. The first-order chi connectivity index (χ1) is 13.5. The summed E-state index contributed by atoms with van der Waals surface area (Å²) in [4.78, 5) is 32.1. The van der Waals surface area contributed by atoms with E-state index in [1.165, 1.54) is 4.57 Å². The Labute approximate surface area is 165 Å². The minimum atomic E-state index is -0.449. The Balaban J connectivity index is 1.93. The van der Waals surface area contributed by atoms with Crippen molar-refractivity contribution in [3.05, 3.63) is 44.1 Å². The van der Waals surface area contributed by atoms with E-state index in [4.69, 9.17) is 21.4 Å². The van der Waals surface area contributed by atoms with Gasteiger partial charge in [0.05, 0.1) is 12.8 Å². The Bertz CT molecular complexity index is 1180. The van der Waals surface area contributed by atoms with Gasteiger partial charge in [0.2, 0.25) is 5.95 Å². The van der Waals surface area contributed by atoms with Crippen molar-refractivity contribution in [2.24, 2.45) is 7.05 Å². The summed E-state index contributed by atoms with van der Waals surface area (Å²) in [7, 11) is 3.17. The van der Waals surface area contributed by atoms with Crippen LogP contribution in [0.3, 0.4) is 0 Å². The van der Waals surface area contributed by atoms with Gasteiger partial charge in [0.25, 0.3) is 5.56 Å². The molecule has 10 heteroatoms. The normalized spacial score (nSPS) is 13.4. The predicted molar refractivity (Wildman–Crippen MR) is 106 cm³/mol. The fourth-order valence-electron chi connectivity index (χ4n) is 3.61. The van der Waals surface area contributed by atoms with E-state index in [0.29, 0.717) is 47.4 Å². The van der Waals surface area contributed by atoms with Crippen molar-refractivity contribution in [2.45, 2.75) is 19.5 Å². The first-order valence-corrected chi connectivity index (χ1v) is 9.27.